The van der Waals surface area contributed by atoms with Crippen molar-refractivity contribution in [3.05, 3.63) is 46.2 Å². The van der Waals surface area contributed by atoms with Gasteiger partial charge in [-0.25, -0.2) is 9.67 Å². The number of pyridine rings is 1. The van der Waals surface area contributed by atoms with Crippen molar-refractivity contribution < 1.29 is 9.53 Å². The standard InChI is InChI=1S/C16H16BrN5O2/c1-22-15-11(6-10(17)7-19-15)14(21-22)16(23)20-12-5-3-4-9(8-24-2)13(12)18/h3-7H,8,18H2,1-2H3,(H,20,23). The minimum absolute atomic E-state index is 0.290. The Bertz CT molecular complexity index is 922. The SMILES string of the molecule is COCc1cccc(NC(=O)c2nn(C)c3ncc(Br)cc23)c1N. The Labute approximate surface area is 146 Å². The van der Waals surface area contributed by atoms with Gasteiger partial charge in [0.2, 0.25) is 0 Å². The Morgan fingerprint density at radius 1 is 1.46 bits per heavy atom. The van der Waals surface area contributed by atoms with Crippen LogP contribution in [0.2, 0.25) is 0 Å². The number of hydrogen-bond acceptors (Lipinski definition) is 5. The summed E-state index contributed by atoms with van der Waals surface area (Å²) in [7, 11) is 3.34. The van der Waals surface area contributed by atoms with Crippen molar-refractivity contribution in [2.75, 3.05) is 18.2 Å². The predicted octanol–water partition coefficient (Wildman–Crippen LogP) is 2.71. The van der Waals surface area contributed by atoms with Crippen LogP contribution < -0.4 is 11.1 Å². The first-order valence-corrected chi connectivity index (χ1v) is 7.96. The van der Waals surface area contributed by atoms with Crippen LogP contribution in [-0.4, -0.2) is 27.8 Å². The largest absolute Gasteiger partial charge is 0.397 e. The van der Waals surface area contributed by atoms with Gasteiger partial charge in [0.1, 0.15) is 0 Å². The zero-order valence-corrected chi connectivity index (χ0v) is 14.8. The number of para-hydroxylation sites is 1. The molecule has 0 radical (unpaired) electrons. The molecule has 0 spiro atoms. The molecule has 124 valence electrons. The highest BCUT2D eigenvalue weighted by atomic mass is 79.9. The molecule has 3 aromatic rings. The summed E-state index contributed by atoms with van der Waals surface area (Å²) in [6.07, 6.45) is 1.66. The molecule has 0 fully saturated rings. The summed E-state index contributed by atoms with van der Waals surface area (Å²) >= 11 is 3.37. The van der Waals surface area contributed by atoms with Crippen molar-refractivity contribution in [1.29, 1.82) is 0 Å². The van der Waals surface area contributed by atoms with Crippen molar-refractivity contribution in [3.63, 3.8) is 0 Å². The number of hydrogen-bond donors (Lipinski definition) is 2. The van der Waals surface area contributed by atoms with Gasteiger partial charge < -0.3 is 15.8 Å². The molecular weight excluding hydrogens is 374 g/mol. The topological polar surface area (TPSA) is 95.1 Å². The monoisotopic (exact) mass is 389 g/mol. The van der Waals surface area contributed by atoms with E-state index in [0.717, 1.165) is 10.0 Å². The molecule has 0 aliphatic heterocycles. The molecule has 24 heavy (non-hydrogen) atoms. The molecule has 0 bridgehead atoms. The lowest BCUT2D eigenvalue weighted by atomic mass is 10.1. The first kappa shape index (κ1) is 16.4. The van der Waals surface area contributed by atoms with Gasteiger partial charge in [-0.3, -0.25) is 4.79 Å². The first-order chi connectivity index (χ1) is 11.5. The third kappa shape index (κ3) is 2.98. The van der Waals surface area contributed by atoms with Gasteiger partial charge >= 0.3 is 0 Å². The Hall–Kier alpha value is -2.45. The second kappa shape index (κ2) is 6.58. The number of rotatable bonds is 4. The number of aromatic nitrogens is 3. The van der Waals surface area contributed by atoms with Gasteiger partial charge in [0.05, 0.1) is 23.4 Å². The number of halogens is 1. The molecule has 0 atom stereocenters. The number of benzene rings is 1. The van der Waals surface area contributed by atoms with Crippen LogP contribution in [0.5, 0.6) is 0 Å². The van der Waals surface area contributed by atoms with Crippen LogP contribution in [0.25, 0.3) is 11.0 Å². The van der Waals surface area contributed by atoms with Crippen molar-refractivity contribution in [2.45, 2.75) is 6.61 Å². The Morgan fingerprint density at radius 3 is 3.00 bits per heavy atom. The molecule has 2 heterocycles. The van der Waals surface area contributed by atoms with Crippen LogP contribution >= 0.6 is 15.9 Å². The van der Waals surface area contributed by atoms with Crippen LogP contribution in [0.4, 0.5) is 11.4 Å². The lowest BCUT2D eigenvalue weighted by molar-refractivity contribution is 0.102. The maximum atomic E-state index is 12.7. The van der Waals surface area contributed by atoms with Gasteiger partial charge in [-0.15, -0.1) is 0 Å². The molecule has 3 rings (SSSR count). The van der Waals surface area contributed by atoms with E-state index in [-0.39, 0.29) is 11.6 Å². The number of ether oxygens (including phenoxy) is 1. The Morgan fingerprint density at radius 2 is 2.25 bits per heavy atom. The van der Waals surface area contributed by atoms with E-state index in [0.29, 0.717) is 29.0 Å². The quantitative estimate of drug-likeness (QED) is 0.668. The predicted molar refractivity (Wildman–Crippen MR) is 95.7 cm³/mol. The molecule has 0 saturated carbocycles. The molecule has 0 aliphatic carbocycles. The fraction of sp³-hybridized carbons (Fsp3) is 0.188. The number of anilines is 2. The summed E-state index contributed by atoms with van der Waals surface area (Å²) in [4.78, 5) is 16.9. The number of carbonyl (C=O) groups excluding carboxylic acids is 1. The van der Waals surface area contributed by atoms with E-state index >= 15 is 0 Å². The summed E-state index contributed by atoms with van der Waals surface area (Å²) in [5, 5.41) is 7.75. The van der Waals surface area contributed by atoms with Crippen molar-refractivity contribution in [2.24, 2.45) is 7.05 Å². The summed E-state index contributed by atoms with van der Waals surface area (Å²) in [5.74, 6) is -0.346. The Kier molecular flexibility index (Phi) is 4.50. The second-order valence-electron chi connectivity index (χ2n) is 5.26. The number of methoxy groups -OCH3 is 1. The van der Waals surface area contributed by atoms with Gasteiger partial charge in [-0.1, -0.05) is 12.1 Å². The van der Waals surface area contributed by atoms with Gasteiger partial charge in [0.15, 0.2) is 11.3 Å². The van der Waals surface area contributed by atoms with Crippen LogP contribution in [-0.2, 0) is 18.4 Å². The number of amides is 1. The molecular formula is C16H16BrN5O2. The van der Waals surface area contributed by atoms with Crippen molar-refractivity contribution in [1.82, 2.24) is 14.8 Å². The van der Waals surface area contributed by atoms with Crippen molar-refractivity contribution in [3.8, 4) is 0 Å². The lowest BCUT2D eigenvalue weighted by Gasteiger charge is -2.11. The van der Waals surface area contributed by atoms with E-state index in [1.54, 1.807) is 31.1 Å². The van der Waals surface area contributed by atoms with E-state index in [2.05, 4.69) is 31.3 Å². The summed E-state index contributed by atoms with van der Waals surface area (Å²) in [5.41, 5.74) is 8.83. The van der Waals surface area contributed by atoms with Gasteiger partial charge in [0, 0.05) is 30.4 Å². The first-order valence-electron chi connectivity index (χ1n) is 7.17. The van der Waals surface area contributed by atoms with E-state index in [1.807, 2.05) is 18.2 Å². The fourth-order valence-electron chi connectivity index (χ4n) is 2.47. The number of carbonyl (C=O) groups is 1. The van der Waals surface area contributed by atoms with E-state index in [4.69, 9.17) is 10.5 Å². The lowest BCUT2D eigenvalue weighted by Crippen LogP contribution is -2.15. The van der Waals surface area contributed by atoms with Crippen LogP contribution in [0.3, 0.4) is 0 Å². The van der Waals surface area contributed by atoms with E-state index < -0.39 is 0 Å². The van der Waals surface area contributed by atoms with E-state index in [1.165, 1.54) is 0 Å². The second-order valence-corrected chi connectivity index (χ2v) is 6.18. The number of nitrogen functional groups attached to an aromatic ring is 1. The average molecular weight is 390 g/mol. The molecule has 3 N–H and O–H groups in total. The maximum Gasteiger partial charge on any atom is 0.276 e. The zero-order valence-electron chi connectivity index (χ0n) is 13.2. The summed E-state index contributed by atoms with van der Waals surface area (Å²) in [6.45, 7) is 0.374. The van der Waals surface area contributed by atoms with Crippen LogP contribution in [0, 0.1) is 0 Å². The molecule has 2 aromatic heterocycles. The molecule has 7 nitrogen and oxygen atoms in total. The summed E-state index contributed by atoms with van der Waals surface area (Å²) < 4.78 is 7.45. The fourth-order valence-corrected chi connectivity index (χ4v) is 2.80. The highest BCUT2D eigenvalue weighted by molar-refractivity contribution is 9.10. The average Bonchev–Trinajstić information content (AvgIpc) is 2.88. The minimum atomic E-state index is -0.346. The molecule has 0 unspecified atom stereocenters. The van der Waals surface area contributed by atoms with E-state index in [9.17, 15) is 4.79 Å². The minimum Gasteiger partial charge on any atom is -0.397 e. The summed E-state index contributed by atoms with van der Waals surface area (Å²) in [6, 6.07) is 7.22. The third-order valence-electron chi connectivity index (χ3n) is 3.60. The molecule has 8 heteroatoms. The Balaban J connectivity index is 1.97. The zero-order chi connectivity index (χ0) is 17.3. The number of nitrogens with one attached hydrogen (secondary N) is 1. The number of fused-ring (bicyclic) bond motifs is 1. The number of aryl methyl sites for hydroxylation is 1. The van der Waals surface area contributed by atoms with Gasteiger partial charge in [-0.05, 0) is 28.1 Å². The highest BCUT2D eigenvalue weighted by Crippen LogP contribution is 2.25. The smallest absolute Gasteiger partial charge is 0.276 e. The molecule has 1 amide bonds. The molecule has 0 saturated heterocycles. The highest BCUT2D eigenvalue weighted by Gasteiger charge is 2.18. The third-order valence-corrected chi connectivity index (χ3v) is 4.04. The van der Waals surface area contributed by atoms with Crippen LogP contribution in [0.15, 0.2) is 34.9 Å². The maximum absolute atomic E-state index is 12.7. The van der Waals surface area contributed by atoms with Gasteiger partial charge in [-0.2, -0.15) is 5.10 Å². The van der Waals surface area contributed by atoms with Crippen molar-refractivity contribution >= 4 is 44.2 Å². The normalized spacial score (nSPS) is 11.0. The molecule has 1 aromatic carbocycles. The number of nitrogens with zero attached hydrogens (tertiary/aromatic N) is 3. The number of nitrogens with two attached hydrogens (primary N) is 1. The van der Waals surface area contributed by atoms with Crippen LogP contribution in [0.1, 0.15) is 16.1 Å². The molecule has 0 aliphatic rings. The van der Waals surface area contributed by atoms with Gasteiger partial charge in [0.25, 0.3) is 5.91 Å².